The number of hydrazone groups is 1. The van der Waals surface area contributed by atoms with Gasteiger partial charge in [0.1, 0.15) is 18.1 Å². The predicted molar refractivity (Wildman–Crippen MR) is 105 cm³/mol. The fourth-order valence-corrected chi connectivity index (χ4v) is 2.33. The van der Waals surface area contributed by atoms with Crippen molar-refractivity contribution >= 4 is 17.8 Å². The highest BCUT2D eigenvalue weighted by Crippen LogP contribution is 2.14. The molecule has 0 aliphatic heterocycles. The molecule has 3 aromatic rings. The van der Waals surface area contributed by atoms with Crippen molar-refractivity contribution in [2.45, 2.75) is 6.61 Å². The van der Waals surface area contributed by atoms with Gasteiger partial charge in [0.2, 0.25) is 0 Å². The molecule has 0 aliphatic carbocycles. The molecule has 3 rings (SSSR count). The number of furan rings is 1. The van der Waals surface area contributed by atoms with Gasteiger partial charge >= 0.3 is 5.91 Å². The Morgan fingerprint density at radius 1 is 1.07 bits per heavy atom. The fraction of sp³-hybridized carbons (Fsp3) is 0.143. The summed E-state index contributed by atoms with van der Waals surface area (Å²) in [5, 5.41) is 3.97. The summed E-state index contributed by atoms with van der Waals surface area (Å²) in [4.78, 5) is 14.1. The zero-order chi connectivity index (χ0) is 19.1. The highest BCUT2D eigenvalue weighted by atomic mass is 16.5. The molecular formula is C21H21N3O3. The molecular weight excluding hydrogens is 342 g/mol. The van der Waals surface area contributed by atoms with Crippen molar-refractivity contribution < 1.29 is 13.9 Å². The fourth-order valence-electron chi connectivity index (χ4n) is 2.33. The summed E-state index contributed by atoms with van der Waals surface area (Å²) in [6.45, 7) is 0.249. The SMILES string of the molecule is CN(C)c1ccc(/C=N\NC(=O)c2ccc(COc3ccccc3)o2)cc1. The topological polar surface area (TPSA) is 67.1 Å². The maximum Gasteiger partial charge on any atom is 0.307 e. The van der Waals surface area contributed by atoms with Crippen LogP contribution in [-0.4, -0.2) is 26.2 Å². The lowest BCUT2D eigenvalue weighted by atomic mass is 10.2. The minimum Gasteiger partial charge on any atom is -0.486 e. The van der Waals surface area contributed by atoms with Crippen LogP contribution in [-0.2, 0) is 6.61 Å². The quantitative estimate of drug-likeness (QED) is 0.514. The molecule has 0 spiro atoms. The number of nitrogens with zero attached hydrogens (tertiary/aromatic N) is 2. The van der Waals surface area contributed by atoms with Gasteiger partial charge in [-0.25, -0.2) is 5.43 Å². The molecule has 0 saturated heterocycles. The number of ether oxygens (including phenoxy) is 1. The Labute approximate surface area is 158 Å². The zero-order valence-electron chi connectivity index (χ0n) is 15.3. The summed E-state index contributed by atoms with van der Waals surface area (Å²) in [5.41, 5.74) is 4.44. The van der Waals surface area contributed by atoms with Gasteiger partial charge in [0.05, 0.1) is 6.21 Å². The smallest absolute Gasteiger partial charge is 0.307 e. The number of hydrogen-bond acceptors (Lipinski definition) is 5. The van der Waals surface area contributed by atoms with Crippen LogP contribution in [0, 0.1) is 0 Å². The van der Waals surface area contributed by atoms with Crippen LogP contribution in [0.2, 0.25) is 0 Å². The molecule has 1 N–H and O–H groups in total. The van der Waals surface area contributed by atoms with Gasteiger partial charge in [-0.3, -0.25) is 4.79 Å². The van der Waals surface area contributed by atoms with Crippen molar-refractivity contribution in [1.82, 2.24) is 5.43 Å². The van der Waals surface area contributed by atoms with Gasteiger partial charge in [0.15, 0.2) is 5.76 Å². The first-order valence-corrected chi connectivity index (χ1v) is 8.49. The van der Waals surface area contributed by atoms with Crippen molar-refractivity contribution in [3.8, 4) is 5.75 Å². The first-order chi connectivity index (χ1) is 13.1. The van der Waals surface area contributed by atoms with E-state index in [0.717, 1.165) is 17.0 Å². The van der Waals surface area contributed by atoms with E-state index >= 15 is 0 Å². The van der Waals surface area contributed by atoms with E-state index in [4.69, 9.17) is 9.15 Å². The Balaban J connectivity index is 1.51. The molecule has 0 atom stereocenters. The molecule has 0 fully saturated rings. The summed E-state index contributed by atoms with van der Waals surface area (Å²) >= 11 is 0. The van der Waals surface area contributed by atoms with Gasteiger partial charge in [-0.1, -0.05) is 30.3 Å². The Kier molecular flexibility index (Phi) is 5.89. The van der Waals surface area contributed by atoms with E-state index in [0.29, 0.717) is 5.76 Å². The van der Waals surface area contributed by atoms with Crippen molar-refractivity contribution in [3.63, 3.8) is 0 Å². The maximum absolute atomic E-state index is 12.1. The molecule has 6 nitrogen and oxygen atoms in total. The van der Waals surface area contributed by atoms with Crippen LogP contribution in [0.25, 0.3) is 0 Å². The zero-order valence-corrected chi connectivity index (χ0v) is 15.3. The number of carbonyl (C=O) groups excluding carboxylic acids is 1. The molecule has 138 valence electrons. The number of amides is 1. The highest BCUT2D eigenvalue weighted by molar-refractivity contribution is 5.92. The third kappa shape index (κ3) is 5.22. The molecule has 27 heavy (non-hydrogen) atoms. The van der Waals surface area contributed by atoms with Crippen molar-refractivity contribution in [2.24, 2.45) is 5.10 Å². The minimum absolute atomic E-state index is 0.182. The molecule has 1 amide bonds. The molecule has 0 bridgehead atoms. The molecule has 0 saturated carbocycles. The highest BCUT2D eigenvalue weighted by Gasteiger charge is 2.10. The van der Waals surface area contributed by atoms with E-state index in [1.54, 1.807) is 18.3 Å². The van der Waals surface area contributed by atoms with Crippen LogP contribution in [0.5, 0.6) is 5.75 Å². The van der Waals surface area contributed by atoms with Gasteiger partial charge in [0.25, 0.3) is 0 Å². The van der Waals surface area contributed by atoms with E-state index in [-0.39, 0.29) is 12.4 Å². The lowest BCUT2D eigenvalue weighted by Gasteiger charge is -2.11. The predicted octanol–water partition coefficient (Wildman–Crippen LogP) is 3.69. The number of carbonyl (C=O) groups is 1. The van der Waals surface area contributed by atoms with Crippen LogP contribution >= 0.6 is 0 Å². The first kappa shape index (κ1) is 18.3. The Hall–Kier alpha value is -3.54. The molecule has 0 unspecified atom stereocenters. The number of nitrogens with one attached hydrogen (secondary N) is 1. The third-order valence-corrected chi connectivity index (χ3v) is 3.80. The van der Waals surface area contributed by atoms with Gasteiger partial charge in [0, 0.05) is 19.8 Å². The van der Waals surface area contributed by atoms with Gasteiger partial charge in [-0.15, -0.1) is 0 Å². The van der Waals surface area contributed by atoms with Crippen molar-refractivity contribution in [3.05, 3.63) is 83.8 Å². The number of benzene rings is 2. The second-order valence-corrected chi connectivity index (χ2v) is 6.05. The van der Waals surface area contributed by atoms with Crippen LogP contribution in [0.3, 0.4) is 0 Å². The van der Waals surface area contributed by atoms with E-state index < -0.39 is 5.91 Å². The largest absolute Gasteiger partial charge is 0.486 e. The third-order valence-electron chi connectivity index (χ3n) is 3.80. The molecule has 0 aliphatic rings. The molecule has 2 aromatic carbocycles. The normalized spacial score (nSPS) is 10.7. The molecule has 0 radical (unpaired) electrons. The molecule has 1 aromatic heterocycles. The van der Waals surface area contributed by atoms with Crippen molar-refractivity contribution in [1.29, 1.82) is 0 Å². The number of para-hydroxylation sites is 1. The summed E-state index contributed by atoms with van der Waals surface area (Å²) in [5.74, 6) is 1.07. The Bertz CT molecular complexity index is 900. The number of rotatable bonds is 7. The van der Waals surface area contributed by atoms with E-state index in [1.807, 2.05) is 73.6 Å². The van der Waals surface area contributed by atoms with Crippen LogP contribution in [0.4, 0.5) is 5.69 Å². The van der Waals surface area contributed by atoms with Gasteiger partial charge in [-0.2, -0.15) is 5.10 Å². The summed E-state index contributed by atoms with van der Waals surface area (Å²) in [6, 6.07) is 20.5. The van der Waals surface area contributed by atoms with Crippen LogP contribution in [0.1, 0.15) is 21.9 Å². The maximum atomic E-state index is 12.1. The lowest BCUT2D eigenvalue weighted by molar-refractivity contribution is 0.0923. The minimum atomic E-state index is -0.415. The van der Waals surface area contributed by atoms with E-state index in [1.165, 1.54) is 0 Å². The van der Waals surface area contributed by atoms with Crippen molar-refractivity contribution in [2.75, 3.05) is 19.0 Å². The second-order valence-electron chi connectivity index (χ2n) is 6.05. The average Bonchev–Trinajstić information content (AvgIpc) is 3.17. The summed E-state index contributed by atoms with van der Waals surface area (Å²) in [7, 11) is 3.96. The molecule has 1 heterocycles. The van der Waals surface area contributed by atoms with Gasteiger partial charge in [-0.05, 0) is 42.0 Å². The summed E-state index contributed by atoms with van der Waals surface area (Å²) in [6.07, 6.45) is 1.58. The monoisotopic (exact) mass is 363 g/mol. The average molecular weight is 363 g/mol. The first-order valence-electron chi connectivity index (χ1n) is 8.49. The summed E-state index contributed by atoms with van der Waals surface area (Å²) < 4.78 is 11.1. The second kappa shape index (κ2) is 8.71. The number of anilines is 1. The Morgan fingerprint density at radius 3 is 2.52 bits per heavy atom. The number of hydrogen-bond donors (Lipinski definition) is 1. The van der Waals surface area contributed by atoms with E-state index in [2.05, 4.69) is 10.5 Å². The Morgan fingerprint density at radius 2 is 1.81 bits per heavy atom. The van der Waals surface area contributed by atoms with Crippen LogP contribution < -0.4 is 15.1 Å². The van der Waals surface area contributed by atoms with E-state index in [9.17, 15) is 4.79 Å². The van der Waals surface area contributed by atoms with Crippen LogP contribution in [0.15, 0.2) is 76.2 Å². The van der Waals surface area contributed by atoms with Gasteiger partial charge < -0.3 is 14.1 Å². The lowest BCUT2D eigenvalue weighted by Crippen LogP contribution is -2.16. The molecule has 6 heteroatoms. The standard InChI is InChI=1S/C21H21N3O3/c1-24(2)17-10-8-16(9-11-17)14-22-23-21(25)20-13-12-19(27-20)15-26-18-6-4-3-5-7-18/h3-14H,15H2,1-2H3,(H,23,25)/b22-14-.